The summed E-state index contributed by atoms with van der Waals surface area (Å²) in [4.78, 5) is 41.8. The number of alkyl carbamates (subject to hydrolysis) is 1. The summed E-state index contributed by atoms with van der Waals surface area (Å²) in [7, 11) is 0. The summed E-state index contributed by atoms with van der Waals surface area (Å²) in [5.41, 5.74) is 2.50. The van der Waals surface area contributed by atoms with Crippen LogP contribution >= 0.6 is 11.6 Å². The first-order valence-corrected chi connectivity index (χ1v) is 12.8. The van der Waals surface area contributed by atoms with Crippen molar-refractivity contribution in [3.8, 4) is 0 Å². The first kappa shape index (κ1) is 30.2. The maximum absolute atomic E-state index is 14.0. The summed E-state index contributed by atoms with van der Waals surface area (Å²) in [6.45, 7) is 18.2. The van der Waals surface area contributed by atoms with Crippen molar-refractivity contribution < 1.29 is 19.1 Å². The molecule has 37 heavy (non-hydrogen) atoms. The standard InChI is InChI=1S/C29H40ClN3O4/c1-17-14-15-21(16-19(17)3)24(25(34)32-23-18(2)12-11-13-22(23)30)33(28(5,6)7)26(35)20(4)31-27(36)37-29(8,9)10/h11-16,20,24H,1-10H3,(H,31,36)(H,32,34). The maximum Gasteiger partial charge on any atom is 0.408 e. The molecule has 0 fully saturated rings. The number of hydrogen-bond donors (Lipinski definition) is 2. The van der Waals surface area contributed by atoms with Crippen molar-refractivity contribution in [1.82, 2.24) is 10.2 Å². The van der Waals surface area contributed by atoms with E-state index in [2.05, 4.69) is 10.6 Å². The Morgan fingerprint density at radius 2 is 1.54 bits per heavy atom. The number of nitrogens with one attached hydrogen (secondary N) is 2. The number of carbonyl (C=O) groups excluding carboxylic acids is 3. The van der Waals surface area contributed by atoms with Gasteiger partial charge in [0.05, 0.1) is 10.7 Å². The van der Waals surface area contributed by atoms with Crippen molar-refractivity contribution in [3.63, 3.8) is 0 Å². The first-order chi connectivity index (χ1) is 16.9. The smallest absolute Gasteiger partial charge is 0.408 e. The second kappa shape index (κ2) is 11.5. The molecule has 0 heterocycles. The lowest BCUT2D eigenvalue weighted by atomic mass is 9.93. The van der Waals surface area contributed by atoms with Crippen LogP contribution < -0.4 is 10.6 Å². The molecule has 0 saturated carbocycles. The van der Waals surface area contributed by atoms with Gasteiger partial charge in [0, 0.05) is 5.54 Å². The first-order valence-electron chi connectivity index (χ1n) is 12.4. The van der Waals surface area contributed by atoms with Crippen LogP contribution in [0.2, 0.25) is 5.02 Å². The number of hydrogen-bond acceptors (Lipinski definition) is 4. The van der Waals surface area contributed by atoms with Gasteiger partial charge >= 0.3 is 6.09 Å². The second-order valence-electron chi connectivity index (χ2n) is 11.4. The quantitative estimate of drug-likeness (QED) is 0.448. The molecular formula is C29H40ClN3O4. The van der Waals surface area contributed by atoms with Crippen LogP contribution in [-0.4, -0.2) is 40.0 Å². The van der Waals surface area contributed by atoms with Crippen LogP contribution in [-0.2, 0) is 14.3 Å². The van der Waals surface area contributed by atoms with Gasteiger partial charge in [0.2, 0.25) is 5.91 Å². The number of aryl methyl sites for hydroxylation is 3. The highest BCUT2D eigenvalue weighted by molar-refractivity contribution is 6.34. The molecule has 3 amide bonds. The van der Waals surface area contributed by atoms with Crippen LogP contribution in [0.4, 0.5) is 10.5 Å². The highest BCUT2D eigenvalue weighted by Gasteiger charge is 2.41. The summed E-state index contributed by atoms with van der Waals surface area (Å²) in [5, 5.41) is 5.97. The minimum absolute atomic E-state index is 0.404. The van der Waals surface area contributed by atoms with Gasteiger partial charge in [-0.05, 0) is 97.6 Å². The van der Waals surface area contributed by atoms with Gasteiger partial charge in [-0.1, -0.05) is 41.9 Å². The van der Waals surface area contributed by atoms with Crippen molar-refractivity contribution in [1.29, 1.82) is 0 Å². The molecule has 0 bridgehead atoms. The number of rotatable bonds is 6. The van der Waals surface area contributed by atoms with Crippen LogP contribution in [0.5, 0.6) is 0 Å². The Morgan fingerprint density at radius 3 is 2.05 bits per heavy atom. The highest BCUT2D eigenvalue weighted by Crippen LogP contribution is 2.33. The number of anilines is 1. The zero-order valence-corrected chi connectivity index (χ0v) is 24.3. The fourth-order valence-corrected chi connectivity index (χ4v) is 4.20. The number of nitrogens with zero attached hydrogens (tertiary/aromatic N) is 1. The zero-order valence-electron chi connectivity index (χ0n) is 23.6. The van der Waals surface area contributed by atoms with Crippen molar-refractivity contribution in [2.75, 3.05) is 5.32 Å². The summed E-state index contributed by atoms with van der Waals surface area (Å²) in [6.07, 6.45) is -0.707. The molecule has 0 aliphatic heterocycles. The molecule has 0 aliphatic rings. The van der Waals surface area contributed by atoms with E-state index in [9.17, 15) is 14.4 Å². The summed E-state index contributed by atoms with van der Waals surface area (Å²) in [6, 6.07) is 9.12. The molecule has 2 aromatic carbocycles. The number of amides is 3. The molecule has 2 unspecified atom stereocenters. The molecule has 0 aromatic heterocycles. The molecule has 0 saturated heterocycles. The molecule has 0 radical (unpaired) electrons. The summed E-state index contributed by atoms with van der Waals surface area (Å²) in [5.74, 6) is -0.834. The lowest BCUT2D eigenvalue weighted by Gasteiger charge is -2.42. The van der Waals surface area contributed by atoms with E-state index in [-0.39, 0.29) is 0 Å². The van der Waals surface area contributed by atoms with Gasteiger partial charge in [-0.2, -0.15) is 0 Å². The Labute approximate surface area is 225 Å². The van der Waals surface area contributed by atoms with Crippen LogP contribution in [0, 0.1) is 20.8 Å². The normalized spacial score (nSPS) is 13.4. The fraction of sp³-hybridized carbons (Fsp3) is 0.483. The van der Waals surface area contributed by atoms with Gasteiger partial charge < -0.3 is 20.3 Å². The number of carbonyl (C=O) groups is 3. The SMILES string of the molecule is Cc1ccc(C(C(=O)Nc2c(C)cccc2Cl)N(C(=O)C(C)NC(=O)OC(C)(C)C)C(C)(C)C)cc1C. The van der Waals surface area contributed by atoms with Crippen LogP contribution in [0.1, 0.15) is 76.8 Å². The molecule has 0 spiro atoms. The lowest BCUT2D eigenvalue weighted by Crippen LogP contribution is -2.57. The zero-order chi connectivity index (χ0) is 28.3. The van der Waals surface area contributed by atoms with Crippen LogP contribution in [0.3, 0.4) is 0 Å². The third-order valence-corrected chi connectivity index (χ3v) is 6.20. The largest absolute Gasteiger partial charge is 0.444 e. The van der Waals surface area contributed by atoms with E-state index in [1.165, 1.54) is 4.90 Å². The van der Waals surface area contributed by atoms with E-state index >= 15 is 0 Å². The fourth-order valence-electron chi connectivity index (χ4n) is 3.93. The average molecular weight is 530 g/mol. The van der Waals surface area contributed by atoms with Gasteiger partial charge in [0.1, 0.15) is 17.7 Å². The lowest BCUT2D eigenvalue weighted by molar-refractivity contribution is -0.146. The van der Waals surface area contributed by atoms with Gasteiger partial charge in [-0.3, -0.25) is 9.59 Å². The van der Waals surface area contributed by atoms with E-state index in [4.69, 9.17) is 16.3 Å². The van der Waals surface area contributed by atoms with E-state index in [0.717, 1.165) is 16.7 Å². The predicted molar refractivity (Wildman–Crippen MR) is 149 cm³/mol. The van der Waals surface area contributed by atoms with E-state index in [1.807, 2.05) is 71.9 Å². The molecule has 0 aliphatic carbocycles. The van der Waals surface area contributed by atoms with Crippen molar-refractivity contribution >= 4 is 35.2 Å². The minimum Gasteiger partial charge on any atom is -0.444 e. The molecular weight excluding hydrogens is 490 g/mol. The number of benzene rings is 2. The van der Waals surface area contributed by atoms with Crippen molar-refractivity contribution in [2.24, 2.45) is 0 Å². The van der Waals surface area contributed by atoms with Crippen LogP contribution in [0.25, 0.3) is 0 Å². The molecule has 2 rings (SSSR count). The van der Waals surface area contributed by atoms with Crippen molar-refractivity contribution in [3.05, 3.63) is 63.7 Å². The topological polar surface area (TPSA) is 87.7 Å². The monoisotopic (exact) mass is 529 g/mol. The Hall–Kier alpha value is -3.06. The Morgan fingerprint density at radius 1 is 0.919 bits per heavy atom. The third kappa shape index (κ3) is 7.96. The molecule has 7 nitrogen and oxygen atoms in total. The summed E-state index contributed by atoms with van der Waals surface area (Å²) >= 11 is 6.41. The Balaban J connectivity index is 2.57. The van der Waals surface area contributed by atoms with E-state index in [0.29, 0.717) is 16.3 Å². The minimum atomic E-state index is -0.995. The van der Waals surface area contributed by atoms with E-state index < -0.39 is 41.1 Å². The third-order valence-electron chi connectivity index (χ3n) is 5.89. The molecule has 2 atom stereocenters. The van der Waals surface area contributed by atoms with E-state index in [1.54, 1.807) is 33.8 Å². The molecule has 8 heteroatoms. The predicted octanol–water partition coefficient (Wildman–Crippen LogP) is 6.49. The number of halogens is 1. The molecule has 2 N–H and O–H groups in total. The maximum atomic E-state index is 14.0. The van der Waals surface area contributed by atoms with Crippen molar-refractivity contribution in [2.45, 2.75) is 92.5 Å². The van der Waals surface area contributed by atoms with Gasteiger partial charge in [0.15, 0.2) is 0 Å². The number of para-hydroxylation sites is 1. The van der Waals surface area contributed by atoms with Gasteiger partial charge in [0.25, 0.3) is 5.91 Å². The Bertz CT molecular complexity index is 1140. The Kier molecular flexibility index (Phi) is 9.42. The summed E-state index contributed by atoms with van der Waals surface area (Å²) < 4.78 is 5.34. The highest BCUT2D eigenvalue weighted by atomic mass is 35.5. The second-order valence-corrected chi connectivity index (χ2v) is 11.8. The van der Waals surface area contributed by atoms with Gasteiger partial charge in [-0.25, -0.2) is 4.79 Å². The van der Waals surface area contributed by atoms with Crippen LogP contribution in [0.15, 0.2) is 36.4 Å². The average Bonchev–Trinajstić information content (AvgIpc) is 2.73. The van der Waals surface area contributed by atoms with Gasteiger partial charge in [-0.15, -0.1) is 0 Å². The molecule has 202 valence electrons. The number of ether oxygens (including phenoxy) is 1. The molecule has 2 aromatic rings.